The van der Waals surface area contributed by atoms with Crippen LogP contribution < -0.4 is 0 Å². The highest BCUT2D eigenvalue weighted by molar-refractivity contribution is 9.11. The van der Waals surface area contributed by atoms with Gasteiger partial charge in [0.25, 0.3) is 5.91 Å². The second kappa shape index (κ2) is 4.85. The van der Waals surface area contributed by atoms with Crippen LogP contribution >= 0.6 is 27.3 Å². The lowest BCUT2D eigenvalue weighted by Gasteiger charge is -2.21. The van der Waals surface area contributed by atoms with Gasteiger partial charge in [0.05, 0.1) is 15.5 Å². The Morgan fingerprint density at radius 3 is 3.00 bits per heavy atom. The minimum atomic E-state index is 0.0635. The number of hydrogen-bond acceptors (Lipinski definition) is 3. The van der Waals surface area contributed by atoms with E-state index in [1.807, 2.05) is 4.90 Å². The average Bonchev–Trinajstić information content (AvgIpc) is 2.89. The number of nitrogens with one attached hydrogen (secondary N) is 1. The SMILES string of the molecule is O=C(c1cn[nH]c1)N(Cc1csc(Br)c1)C1CC1. The van der Waals surface area contributed by atoms with Gasteiger partial charge in [-0.25, -0.2) is 0 Å². The Hall–Kier alpha value is -1.14. The van der Waals surface area contributed by atoms with Crippen LogP contribution in [0.3, 0.4) is 0 Å². The van der Waals surface area contributed by atoms with Crippen molar-refractivity contribution in [1.82, 2.24) is 15.1 Å². The first-order valence-electron chi connectivity index (χ1n) is 5.76. The molecule has 2 heterocycles. The highest BCUT2D eigenvalue weighted by atomic mass is 79.9. The molecular formula is C12H12BrN3OS. The number of H-pyrrole nitrogens is 1. The standard InChI is InChI=1S/C12H12BrN3OS/c13-11-3-8(7-18-11)6-16(10-1-2-10)12(17)9-4-14-15-5-9/h3-5,7,10H,1-2,6H2,(H,14,15). The van der Waals surface area contributed by atoms with Gasteiger partial charge in [-0.15, -0.1) is 11.3 Å². The third-order valence-electron chi connectivity index (χ3n) is 2.97. The maximum Gasteiger partial charge on any atom is 0.257 e. The van der Waals surface area contributed by atoms with Crippen molar-refractivity contribution in [2.24, 2.45) is 0 Å². The zero-order valence-electron chi connectivity index (χ0n) is 9.60. The van der Waals surface area contributed by atoms with Gasteiger partial charge in [0.15, 0.2) is 0 Å². The minimum absolute atomic E-state index is 0.0635. The molecule has 1 fully saturated rings. The maximum absolute atomic E-state index is 12.4. The van der Waals surface area contributed by atoms with Gasteiger partial charge in [-0.1, -0.05) is 0 Å². The first-order valence-corrected chi connectivity index (χ1v) is 7.44. The van der Waals surface area contributed by atoms with Crippen molar-refractivity contribution in [3.63, 3.8) is 0 Å². The Kier molecular flexibility index (Phi) is 3.22. The molecule has 0 aliphatic heterocycles. The normalized spacial score (nSPS) is 14.7. The topological polar surface area (TPSA) is 49.0 Å². The van der Waals surface area contributed by atoms with Crippen LogP contribution in [0.5, 0.6) is 0 Å². The average molecular weight is 326 g/mol. The molecule has 0 radical (unpaired) electrons. The van der Waals surface area contributed by atoms with Crippen molar-refractivity contribution in [2.75, 3.05) is 0 Å². The molecule has 6 heteroatoms. The van der Waals surface area contributed by atoms with Crippen LogP contribution in [0.25, 0.3) is 0 Å². The molecule has 94 valence electrons. The zero-order valence-corrected chi connectivity index (χ0v) is 12.0. The number of thiophene rings is 1. The number of aromatic nitrogens is 2. The third-order valence-corrected chi connectivity index (χ3v) is 4.52. The molecule has 4 nitrogen and oxygen atoms in total. The van der Waals surface area contributed by atoms with Gasteiger partial charge in [0.2, 0.25) is 0 Å². The molecule has 1 aliphatic carbocycles. The van der Waals surface area contributed by atoms with Gasteiger partial charge < -0.3 is 4.90 Å². The zero-order chi connectivity index (χ0) is 12.5. The molecule has 18 heavy (non-hydrogen) atoms. The predicted octanol–water partition coefficient (Wildman–Crippen LogP) is 3.04. The molecule has 2 aromatic rings. The number of nitrogens with zero attached hydrogens (tertiary/aromatic N) is 2. The van der Waals surface area contributed by atoms with Crippen LogP contribution in [-0.2, 0) is 6.54 Å². The molecule has 0 atom stereocenters. The third kappa shape index (κ3) is 2.49. The molecule has 0 aromatic carbocycles. The van der Waals surface area contributed by atoms with Gasteiger partial charge in [-0.05, 0) is 45.8 Å². The van der Waals surface area contributed by atoms with E-state index in [2.05, 4.69) is 37.6 Å². The van der Waals surface area contributed by atoms with Crippen molar-refractivity contribution < 1.29 is 4.79 Å². The highest BCUT2D eigenvalue weighted by Crippen LogP contribution is 2.31. The van der Waals surface area contributed by atoms with E-state index in [1.54, 1.807) is 23.7 Å². The predicted molar refractivity (Wildman–Crippen MR) is 73.5 cm³/mol. The van der Waals surface area contributed by atoms with Gasteiger partial charge in [-0.3, -0.25) is 9.89 Å². The van der Waals surface area contributed by atoms with Gasteiger partial charge in [0.1, 0.15) is 0 Å². The largest absolute Gasteiger partial charge is 0.331 e. The summed E-state index contributed by atoms with van der Waals surface area (Å²) in [7, 11) is 0. The summed E-state index contributed by atoms with van der Waals surface area (Å²) in [6.45, 7) is 0.677. The molecule has 1 aliphatic rings. The number of amides is 1. The summed E-state index contributed by atoms with van der Waals surface area (Å²) in [6, 6.07) is 2.47. The molecule has 0 unspecified atom stereocenters. The molecule has 2 aromatic heterocycles. The van der Waals surface area contributed by atoms with Crippen molar-refractivity contribution in [3.05, 3.63) is 38.8 Å². The first-order chi connectivity index (χ1) is 8.74. The van der Waals surface area contributed by atoms with E-state index in [0.717, 1.165) is 16.6 Å². The summed E-state index contributed by atoms with van der Waals surface area (Å²) >= 11 is 5.10. The number of carbonyl (C=O) groups excluding carboxylic acids is 1. The second-order valence-electron chi connectivity index (χ2n) is 4.41. The van der Waals surface area contributed by atoms with E-state index in [9.17, 15) is 4.79 Å². The van der Waals surface area contributed by atoms with Crippen LogP contribution in [-0.4, -0.2) is 27.0 Å². The Morgan fingerprint density at radius 2 is 2.44 bits per heavy atom. The van der Waals surface area contributed by atoms with Crippen molar-refractivity contribution in [2.45, 2.75) is 25.4 Å². The molecule has 1 amide bonds. The van der Waals surface area contributed by atoms with Gasteiger partial charge in [-0.2, -0.15) is 5.10 Å². The van der Waals surface area contributed by atoms with Crippen LogP contribution in [0.1, 0.15) is 28.8 Å². The first kappa shape index (κ1) is 11.9. The lowest BCUT2D eigenvalue weighted by atomic mass is 10.2. The molecule has 0 spiro atoms. The number of aromatic amines is 1. The number of halogens is 1. The van der Waals surface area contributed by atoms with Crippen molar-refractivity contribution in [3.8, 4) is 0 Å². The quantitative estimate of drug-likeness (QED) is 0.939. The Balaban J connectivity index is 1.78. The van der Waals surface area contributed by atoms with Crippen LogP contribution in [0.15, 0.2) is 27.6 Å². The fraction of sp³-hybridized carbons (Fsp3) is 0.333. The summed E-state index contributed by atoms with van der Waals surface area (Å²) in [5.41, 5.74) is 1.81. The Morgan fingerprint density at radius 1 is 1.61 bits per heavy atom. The summed E-state index contributed by atoms with van der Waals surface area (Å²) < 4.78 is 1.10. The van der Waals surface area contributed by atoms with Gasteiger partial charge >= 0.3 is 0 Å². The summed E-state index contributed by atoms with van der Waals surface area (Å²) in [4.78, 5) is 14.3. The van der Waals surface area contributed by atoms with Crippen LogP contribution in [0, 0.1) is 0 Å². The summed E-state index contributed by atoms with van der Waals surface area (Å²) in [6.07, 6.45) is 5.45. The van der Waals surface area contributed by atoms with E-state index in [-0.39, 0.29) is 5.91 Å². The molecule has 0 saturated heterocycles. The Labute approximate surface area is 117 Å². The smallest absolute Gasteiger partial charge is 0.257 e. The van der Waals surface area contributed by atoms with E-state index in [1.165, 1.54) is 5.56 Å². The van der Waals surface area contributed by atoms with Crippen LogP contribution in [0.2, 0.25) is 0 Å². The van der Waals surface area contributed by atoms with Crippen molar-refractivity contribution >= 4 is 33.2 Å². The minimum Gasteiger partial charge on any atom is -0.331 e. The van der Waals surface area contributed by atoms with E-state index in [4.69, 9.17) is 0 Å². The lowest BCUT2D eigenvalue weighted by molar-refractivity contribution is 0.0730. The number of hydrogen-bond donors (Lipinski definition) is 1. The summed E-state index contributed by atoms with van der Waals surface area (Å²) in [5.74, 6) is 0.0635. The lowest BCUT2D eigenvalue weighted by Crippen LogP contribution is -2.32. The molecule has 1 N–H and O–H groups in total. The molecule has 0 bridgehead atoms. The highest BCUT2D eigenvalue weighted by Gasteiger charge is 2.33. The van der Waals surface area contributed by atoms with E-state index >= 15 is 0 Å². The second-order valence-corrected chi connectivity index (χ2v) is 6.70. The van der Waals surface area contributed by atoms with Gasteiger partial charge in [0, 0.05) is 18.8 Å². The number of carbonyl (C=O) groups is 1. The summed E-state index contributed by atoms with van der Waals surface area (Å²) in [5, 5.41) is 8.61. The molecular weight excluding hydrogens is 314 g/mol. The van der Waals surface area contributed by atoms with E-state index in [0.29, 0.717) is 18.2 Å². The molecule has 3 rings (SSSR count). The number of rotatable bonds is 4. The monoisotopic (exact) mass is 325 g/mol. The van der Waals surface area contributed by atoms with E-state index < -0.39 is 0 Å². The molecule has 1 saturated carbocycles. The fourth-order valence-electron chi connectivity index (χ4n) is 1.91. The Bertz CT molecular complexity index is 547. The fourth-order valence-corrected chi connectivity index (χ4v) is 3.11. The van der Waals surface area contributed by atoms with Crippen molar-refractivity contribution in [1.29, 1.82) is 0 Å². The van der Waals surface area contributed by atoms with Crippen LogP contribution in [0.4, 0.5) is 0 Å². The maximum atomic E-state index is 12.4.